The first-order valence-electron chi connectivity index (χ1n) is 5.83. The lowest BCUT2D eigenvalue weighted by molar-refractivity contribution is 0.252. The van der Waals surface area contributed by atoms with E-state index in [4.69, 9.17) is 0 Å². The highest BCUT2D eigenvalue weighted by molar-refractivity contribution is 4.86. The minimum atomic E-state index is 0.0759. The number of aromatic nitrogens is 2. The zero-order valence-corrected chi connectivity index (χ0v) is 10.9. The van der Waals surface area contributed by atoms with Crippen LogP contribution in [0.1, 0.15) is 27.7 Å². The molecule has 4 nitrogen and oxygen atoms in total. The zero-order valence-electron chi connectivity index (χ0n) is 10.9. The largest absolute Gasteiger partial charge is 0.328 e. The second-order valence-electron chi connectivity index (χ2n) is 5.23. The van der Waals surface area contributed by atoms with E-state index in [1.165, 1.54) is 0 Å². The fraction of sp³-hybridized carbons (Fsp3) is 0.750. The lowest BCUT2D eigenvalue weighted by Crippen LogP contribution is -2.43. The van der Waals surface area contributed by atoms with E-state index in [9.17, 15) is 4.79 Å². The Kier molecular flexibility index (Phi) is 3.97. The summed E-state index contributed by atoms with van der Waals surface area (Å²) in [6.07, 6.45) is 3.71. The zero-order chi connectivity index (χ0) is 12.3. The van der Waals surface area contributed by atoms with Crippen LogP contribution in [0.15, 0.2) is 17.2 Å². The molecule has 0 radical (unpaired) electrons. The molecule has 1 aromatic heterocycles. The predicted octanol–water partition coefficient (Wildman–Crippen LogP) is 1.30. The third kappa shape index (κ3) is 2.76. The molecule has 0 saturated heterocycles. The predicted molar refractivity (Wildman–Crippen MR) is 66.7 cm³/mol. The Hall–Kier alpha value is -1.03. The van der Waals surface area contributed by atoms with Gasteiger partial charge in [-0.25, -0.2) is 4.79 Å². The second kappa shape index (κ2) is 4.87. The molecular weight excluding hydrogens is 202 g/mol. The van der Waals surface area contributed by atoms with Gasteiger partial charge in [0, 0.05) is 31.5 Å². The third-order valence-corrected chi connectivity index (χ3v) is 3.03. The highest BCUT2D eigenvalue weighted by atomic mass is 16.1. The monoisotopic (exact) mass is 225 g/mol. The number of nitrogens with one attached hydrogen (secondary N) is 1. The highest BCUT2D eigenvalue weighted by Crippen LogP contribution is 2.19. The summed E-state index contributed by atoms with van der Waals surface area (Å²) in [5, 5.41) is 3.28. The van der Waals surface area contributed by atoms with Crippen molar-refractivity contribution in [3.05, 3.63) is 22.9 Å². The fourth-order valence-corrected chi connectivity index (χ4v) is 1.83. The molecule has 0 aliphatic rings. The molecule has 1 N–H and O–H groups in total. The quantitative estimate of drug-likeness (QED) is 0.839. The summed E-state index contributed by atoms with van der Waals surface area (Å²) in [6, 6.07) is 0.290. The molecule has 0 fully saturated rings. The molecule has 0 bridgehead atoms. The molecule has 0 saturated carbocycles. The van der Waals surface area contributed by atoms with Crippen LogP contribution in [0, 0.1) is 5.41 Å². The smallest absolute Gasteiger partial charge is 0.315 e. The van der Waals surface area contributed by atoms with Crippen LogP contribution < -0.4 is 11.0 Å². The van der Waals surface area contributed by atoms with Crippen molar-refractivity contribution in [2.24, 2.45) is 5.41 Å². The van der Waals surface area contributed by atoms with Gasteiger partial charge in [0.15, 0.2) is 0 Å². The van der Waals surface area contributed by atoms with Gasteiger partial charge in [0.05, 0.1) is 0 Å². The molecule has 0 aromatic carbocycles. The van der Waals surface area contributed by atoms with Crippen LogP contribution in [0.25, 0.3) is 0 Å². The normalized spacial score (nSPS) is 14.1. The minimum absolute atomic E-state index is 0.0759. The molecular formula is C12H23N3O. The number of imidazole rings is 1. The van der Waals surface area contributed by atoms with Crippen molar-refractivity contribution in [3.8, 4) is 0 Å². The standard InChI is InChI=1S/C12H23N3O/c1-6-14-7-8-15(11(14)16)9-10(13-5)12(2,3)4/h7-8,10,13H,6,9H2,1-5H3. The summed E-state index contributed by atoms with van der Waals surface area (Å²) in [5.41, 5.74) is 0.217. The van der Waals surface area contributed by atoms with E-state index in [1.807, 2.05) is 26.4 Å². The van der Waals surface area contributed by atoms with Gasteiger partial charge < -0.3 is 5.32 Å². The van der Waals surface area contributed by atoms with Crippen molar-refractivity contribution in [1.29, 1.82) is 0 Å². The van der Waals surface area contributed by atoms with E-state index in [0.29, 0.717) is 6.54 Å². The third-order valence-electron chi connectivity index (χ3n) is 3.03. The van der Waals surface area contributed by atoms with Gasteiger partial charge in [0.2, 0.25) is 0 Å². The summed E-state index contributed by atoms with van der Waals surface area (Å²) in [7, 11) is 1.94. The van der Waals surface area contributed by atoms with E-state index in [-0.39, 0.29) is 17.1 Å². The average Bonchev–Trinajstić information content (AvgIpc) is 2.54. The number of rotatable bonds is 4. The highest BCUT2D eigenvalue weighted by Gasteiger charge is 2.23. The number of nitrogens with zero attached hydrogens (tertiary/aromatic N) is 2. The van der Waals surface area contributed by atoms with Crippen LogP contribution in [0.3, 0.4) is 0 Å². The van der Waals surface area contributed by atoms with Gasteiger partial charge in [-0.15, -0.1) is 0 Å². The van der Waals surface area contributed by atoms with Crippen LogP contribution in [0.2, 0.25) is 0 Å². The Balaban J connectivity index is 2.87. The molecule has 1 heterocycles. The van der Waals surface area contributed by atoms with Gasteiger partial charge in [-0.3, -0.25) is 9.13 Å². The lowest BCUT2D eigenvalue weighted by atomic mass is 9.87. The molecule has 0 spiro atoms. The van der Waals surface area contributed by atoms with Crippen molar-refractivity contribution in [2.45, 2.75) is 46.8 Å². The van der Waals surface area contributed by atoms with Crippen molar-refractivity contribution in [2.75, 3.05) is 7.05 Å². The summed E-state index contributed by atoms with van der Waals surface area (Å²) in [5.74, 6) is 0. The first-order chi connectivity index (χ1) is 7.40. The molecule has 1 rings (SSSR count). The Morgan fingerprint density at radius 3 is 2.25 bits per heavy atom. The van der Waals surface area contributed by atoms with E-state index in [0.717, 1.165) is 6.54 Å². The van der Waals surface area contributed by atoms with Crippen molar-refractivity contribution < 1.29 is 0 Å². The maximum Gasteiger partial charge on any atom is 0.328 e. The summed E-state index contributed by atoms with van der Waals surface area (Å²) in [4.78, 5) is 11.9. The number of aryl methyl sites for hydroxylation is 1. The van der Waals surface area contributed by atoms with Gasteiger partial charge in [-0.2, -0.15) is 0 Å². The summed E-state index contributed by atoms with van der Waals surface area (Å²) >= 11 is 0. The SMILES string of the molecule is CCn1ccn(CC(NC)C(C)(C)C)c1=O. The Bertz CT molecular complexity index is 384. The molecule has 0 aliphatic heterocycles. The van der Waals surface area contributed by atoms with Crippen LogP contribution >= 0.6 is 0 Å². The van der Waals surface area contributed by atoms with Crippen molar-refractivity contribution in [1.82, 2.24) is 14.5 Å². The lowest BCUT2D eigenvalue weighted by Gasteiger charge is -2.30. The van der Waals surface area contributed by atoms with E-state index >= 15 is 0 Å². The molecule has 0 aliphatic carbocycles. The number of likely N-dealkylation sites (N-methyl/N-ethyl adjacent to an activating group) is 1. The van der Waals surface area contributed by atoms with E-state index in [1.54, 1.807) is 9.13 Å². The van der Waals surface area contributed by atoms with Crippen LogP contribution in [0.5, 0.6) is 0 Å². The minimum Gasteiger partial charge on any atom is -0.315 e. The van der Waals surface area contributed by atoms with E-state index < -0.39 is 0 Å². The van der Waals surface area contributed by atoms with Gasteiger partial charge in [-0.05, 0) is 19.4 Å². The maximum absolute atomic E-state index is 11.9. The van der Waals surface area contributed by atoms with Gasteiger partial charge >= 0.3 is 5.69 Å². The van der Waals surface area contributed by atoms with Crippen molar-refractivity contribution >= 4 is 0 Å². The van der Waals surface area contributed by atoms with Crippen LogP contribution in [-0.4, -0.2) is 22.2 Å². The Morgan fingerprint density at radius 1 is 1.31 bits per heavy atom. The molecule has 16 heavy (non-hydrogen) atoms. The Morgan fingerprint density at radius 2 is 1.88 bits per heavy atom. The summed E-state index contributed by atoms with van der Waals surface area (Å²) < 4.78 is 3.49. The second-order valence-corrected chi connectivity index (χ2v) is 5.23. The Labute approximate surface area is 97.3 Å². The molecule has 0 amide bonds. The topological polar surface area (TPSA) is 39.0 Å². The van der Waals surface area contributed by atoms with Gasteiger partial charge in [0.25, 0.3) is 0 Å². The molecule has 1 aromatic rings. The number of hydrogen-bond acceptors (Lipinski definition) is 2. The molecule has 1 atom stereocenters. The van der Waals surface area contributed by atoms with Crippen LogP contribution in [-0.2, 0) is 13.1 Å². The van der Waals surface area contributed by atoms with Crippen molar-refractivity contribution in [3.63, 3.8) is 0 Å². The summed E-state index contributed by atoms with van der Waals surface area (Å²) in [6.45, 7) is 9.95. The first-order valence-corrected chi connectivity index (χ1v) is 5.83. The van der Waals surface area contributed by atoms with Gasteiger partial charge in [-0.1, -0.05) is 20.8 Å². The molecule has 4 heteroatoms. The maximum atomic E-state index is 11.9. The first kappa shape index (κ1) is 13.0. The molecule has 1 unspecified atom stereocenters. The van der Waals surface area contributed by atoms with E-state index in [2.05, 4.69) is 26.1 Å². The molecule has 92 valence electrons. The average molecular weight is 225 g/mol. The number of hydrogen-bond donors (Lipinski definition) is 1. The fourth-order valence-electron chi connectivity index (χ4n) is 1.83. The van der Waals surface area contributed by atoms with Crippen LogP contribution in [0.4, 0.5) is 0 Å². The van der Waals surface area contributed by atoms with Gasteiger partial charge in [0.1, 0.15) is 0 Å².